The van der Waals surface area contributed by atoms with Crippen LogP contribution in [-0.4, -0.2) is 36.2 Å². The van der Waals surface area contributed by atoms with E-state index in [9.17, 15) is 14.9 Å². The second-order valence-electron chi connectivity index (χ2n) is 8.21. The Labute approximate surface area is 200 Å². The Morgan fingerprint density at radius 1 is 1.14 bits per heavy atom. The van der Waals surface area contributed by atoms with Gasteiger partial charge in [-0.1, -0.05) is 18.2 Å². The number of fused-ring (bicyclic) bond motifs is 2. The van der Waals surface area contributed by atoms with E-state index in [1.165, 1.54) is 0 Å². The number of methoxy groups -OCH3 is 1. The molecule has 1 aromatic heterocycles. The van der Waals surface area contributed by atoms with Gasteiger partial charge < -0.3 is 24.8 Å². The molecular formula is C25H23N5O5. The van der Waals surface area contributed by atoms with Crippen LogP contribution in [0.2, 0.25) is 0 Å². The number of nitrogens with one attached hydrogen (secondary N) is 3. The number of hydrogen-bond acceptors (Lipinski definition) is 8. The summed E-state index contributed by atoms with van der Waals surface area (Å²) in [6.07, 6.45) is 0.745. The molecule has 178 valence electrons. The van der Waals surface area contributed by atoms with Crippen LogP contribution < -0.4 is 30.4 Å². The Morgan fingerprint density at radius 3 is 2.66 bits per heavy atom. The van der Waals surface area contributed by atoms with Gasteiger partial charge in [0.2, 0.25) is 11.9 Å². The highest BCUT2D eigenvalue weighted by Gasteiger charge is 2.40. The molecular weight excluding hydrogens is 450 g/mol. The minimum atomic E-state index is -1.10. The number of benzene rings is 2. The Morgan fingerprint density at radius 2 is 1.91 bits per heavy atom. The molecule has 10 heteroatoms. The number of nitrogens with zero attached hydrogens (tertiary/aromatic N) is 2. The number of rotatable bonds is 5. The van der Waals surface area contributed by atoms with Crippen LogP contribution in [0.1, 0.15) is 29.0 Å². The smallest absolute Gasteiger partial charge is 0.258 e. The van der Waals surface area contributed by atoms with Gasteiger partial charge in [0.1, 0.15) is 17.5 Å². The van der Waals surface area contributed by atoms with Crippen LogP contribution in [0.25, 0.3) is 0 Å². The third-order valence-corrected chi connectivity index (χ3v) is 6.01. The molecule has 0 aliphatic carbocycles. The predicted molar refractivity (Wildman–Crippen MR) is 127 cm³/mol. The first-order chi connectivity index (χ1) is 17.1. The van der Waals surface area contributed by atoms with Gasteiger partial charge in [-0.2, -0.15) is 10.2 Å². The van der Waals surface area contributed by atoms with Crippen molar-refractivity contribution in [3.8, 4) is 23.3 Å². The van der Waals surface area contributed by atoms with Gasteiger partial charge in [-0.15, -0.1) is 0 Å². The van der Waals surface area contributed by atoms with E-state index in [-0.39, 0.29) is 17.3 Å². The van der Waals surface area contributed by atoms with Crippen molar-refractivity contribution in [2.45, 2.75) is 18.9 Å². The zero-order chi connectivity index (χ0) is 24.4. The van der Waals surface area contributed by atoms with Crippen molar-refractivity contribution in [1.82, 2.24) is 9.97 Å². The molecule has 2 atom stereocenters. The summed E-state index contributed by atoms with van der Waals surface area (Å²) in [5.41, 5.74) is 1.33. The Bertz CT molecular complexity index is 1360. The molecule has 10 nitrogen and oxygen atoms in total. The maximum atomic E-state index is 13.2. The molecule has 0 fully saturated rings. The first-order valence-corrected chi connectivity index (χ1v) is 11.2. The molecule has 2 aromatic carbocycles. The van der Waals surface area contributed by atoms with Crippen LogP contribution >= 0.6 is 0 Å². The number of ether oxygens (including phenoxy) is 3. The number of anilines is 2. The van der Waals surface area contributed by atoms with Gasteiger partial charge >= 0.3 is 0 Å². The Kier molecular flexibility index (Phi) is 5.97. The normalized spacial score (nSPS) is 18.5. The Balaban J connectivity index is 1.48. The van der Waals surface area contributed by atoms with E-state index in [2.05, 4.69) is 20.6 Å². The number of amides is 1. The SMILES string of the molecule is COc1ccc(CNc2nc3c(c(=O)[nH]2)C(c2ccc4c(c2)OCCCO4)C(C#N)C(=O)N3)cc1. The molecule has 2 aliphatic heterocycles. The summed E-state index contributed by atoms with van der Waals surface area (Å²) in [5, 5.41) is 15.5. The molecule has 1 amide bonds. The zero-order valence-electron chi connectivity index (χ0n) is 19.0. The molecule has 0 saturated carbocycles. The van der Waals surface area contributed by atoms with E-state index in [0.717, 1.165) is 17.7 Å². The minimum Gasteiger partial charge on any atom is -0.497 e. The van der Waals surface area contributed by atoms with Gasteiger partial charge in [-0.25, -0.2) is 0 Å². The van der Waals surface area contributed by atoms with Crippen molar-refractivity contribution < 1.29 is 19.0 Å². The zero-order valence-corrected chi connectivity index (χ0v) is 19.0. The summed E-state index contributed by atoms with van der Waals surface area (Å²) in [7, 11) is 1.60. The quantitative estimate of drug-likeness (QED) is 0.514. The van der Waals surface area contributed by atoms with Crippen LogP contribution in [0.15, 0.2) is 47.3 Å². The number of aromatic amines is 1. The minimum absolute atomic E-state index is 0.125. The molecule has 3 heterocycles. The fourth-order valence-corrected chi connectivity index (χ4v) is 4.26. The largest absolute Gasteiger partial charge is 0.497 e. The van der Waals surface area contributed by atoms with E-state index in [1.54, 1.807) is 25.3 Å². The number of aromatic nitrogens is 2. The van der Waals surface area contributed by atoms with Crippen molar-refractivity contribution in [1.29, 1.82) is 5.26 Å². The highest BCUT2D eigenvalue weighted by molar-refractivity contribution is 5.98. The number of carbonyl (C=O) groups is 1. The lowest BCUT2D eigenvalue weighted by molar-refractivity contribution is -0.119. The highest BCUT2D eigenvalue weighted by atomic mass is 16.5. The molecule has 0 bridgehead atoms. The molecule has 0 spiro atoms. The number of hydrogen-bond donors (Lipinski definition) is 3. The van der Waals surface area contributed by atoms with Gasteiger partial charge in [-0.05, 0) is 35.4 Å². The first kappa shape index (κ1) is 22.3. The standard InChI is InChI=1S/C25H23N5O5/c1-33-16-6-3-14(4-7-16)13-27-25-29-22-21(24(32)30-25)20(17(12-26)23(31)28-22)15-5-8-18-19(11-15)35-10-2-9-34-18/h3-8,11,17,20H,2,9-10,13H2,1H3,(H3,27,28,29,30,31,32). The molecule has 2 aliphatic rings. The summed E-state index contributed by atoms with van der Waals surface area (Å²) in [6.45, 7) is 1.43. The van der Waals surface area contributed by atoms with Gasteiger partial charge in [0.15, 0.2) is 11.5 Å². The maximum Gasteiger partial charge on any atom is 0.258 e. The van der Waals surface area contributed by atoms with Crippen LogP contribution in [0.5, 0.6) is 17.2 Å². The number of nitriles is 1. The van der Waals surface area contributed by atoms with Gasteiger partial charge in [0.25, 0.3) is 5.56 Å². The van der Waals surface area contributed by atoms with E-state index in [4.69, 9.17) is 14.2 Å². The van der Waals surface area contributed by atoms with Crippen LogP contribution in [0, 0.1) is 17.2 Å². The summed E-state index contributed by atoms with van der Waals surface area (Å²) in [4.78, 5) is 33.2. The van der Waals surface area contributed by atoms with Crippen LogP contribution in [-0.2, 0) is 11.3 Å². The predicted octanol–water partition coefficient (Wildman–Crippen LogP) is 2.78. The Hall–Kier alpha value is -4.52. The van der Waals surface area contributed by atoms with E-state index < -0.39 is 23.3 Å². The molecule has 0 saturated heterocycles. The molecule has 3 N–H and O–H groups in total. The summed E-state index contributed by atoms with van der Waals surface area (Å²) in [5.74, 6) is -0.254. The highest BCUT2D eigenvalue weighted by Crippen LogP contribution is 2.41. The van der Waals surface area contributed by atoms with Gasteiger partial charge in [0.05, 0.1) is 32.0 Å². The van der Waals surface area contributed by atoms with E-state index in [1.807, 2.05) is 30.3 Å². The second-order valence-corrected chi connectivity index (χ2v) is 8.21. The first-order valence-electron chi connectivity index (χ1n) is 11.2. The summed E-state index contributed by atoms with van der Waals surface area (Å²) in [6, 6.07) is 14.7. The lowest BCUT2D eigenvalue weighted by Crippen LogP contribution is -2.38. The molecule has 5 rings (SSSR count). The summed E-state index contributed by atoms with van der Waals surface area (Å²) >= 11 is 0. The van der Waals surface area contributed by atoms with Crippen molar-refractivity contribution in [2.24, 2.45) is 5.92 Å². The van der Waals surface area contributed by atoms with Crippen LogP contribution in [0.4, 0.5) is 11.8 Å². The third-order valence-electron chi connectivity index (χ3n) is 6.01. The van der Waals surface area contributed by atoms with Gasteiger partial charge in [0, 0.05) is 18.9 Å². The lowest BCUT2D eigenvalue weighted by atomic mass is 9.79. The third kappa shape index (κ3) is 4.36. The average molecular weight is 473 g/mol. The molecule has 35 heavy (non-hydrogen) atoms. The van der Waals surface area contributed by atoms with Crippen molar-refractivity contribution in [3.63, 3.8) is 0 Å². The fourth-order valence-electron chi connectivity index (χ4n) is 4.26. The topological polar surface area (TPSA) is 138 Å². The van der Waals surface area contributed by atoms with Crippen molar-refractivity contribution in [3.05, 3.63) is 69.5 Å². The van der Waals surface area contributed by atoms with Crippen molar-refractivity contribution in [2.75, 3.05) is 31.0 Å². The summed E-state index contributed by atoms with van der Waals surface area (Å²) < 4.78 is 16.6. The maximum absolute atomic E-state index is 13.2. The molecule has 3 aromatic rings. The van der Waals surface area contributed by atoms with Crippen LogP contribution in [0.3, 0.4) is 0 Å². The average Bonchev–Trinajstić information content (AvgIpc) is 3.12. The molecule has 2 unspecified atom stereocenters. The lowest BCUT2D eigenvalue weighted by Gasteiger charge is -2.28. The monoisotopic (exact) mass is 473 g/mol. The van der Waals surface area contributed by atoms with Crippen molar-refractivity contribution >= 4 is 17.7 Å². The van der Waals surface area contributed by atoms with E-state index in [0.29, 0.717) is 36.8 Å². The van der Waals surface area contributed by atoms with Gasteiger partial charge in [-0.3, -0.25) is 14.6 Å². The number of carbonyl (C=O) groups excluding carboxylic acids is 1. The second kappa shape index (κ2) is 9.38. The molecule has 0 radical (unpaired) electrons. The van der Waals surface area contributed by atoms with E-state index >= 15 is 0 Å². The fraction of sp³-hybridized carbons (Fsp3) is 0.280. The number of H-pyrrole nitrogens is 1.